The molecule has 4 N–H and O–H groups in total. The first-order valence-corrected chi connectivity index (χ1v) is 6.66. The fourth-order valence-corrected chi connectivity index (χ4v) is 2.50. The molecule has 0 saturated carbocycles. The molecule has 0 spiro atoms. The van der Waals surface area contributed by atoms with E-state index < -0.39 is 29.3 Å². The van der Waals surface area contributed by atoms with Gasteiger partial charge in [0.25, 0.3) is 0 Å². The summed E-state index contributed by atoms with van der Waals surface area (Å²) in [7, 11) is 0. The van der Waals surface area contributed by atoms with Gasteiger partial charge in [0.1, 0.15) is 5.41 Å². The van der Waals surface area contributed by atoms with Gasteiger partial charge in [0.05, 0.1) is 16.7 Å². The predicted octanol–water partition coefficient (Wildman–Crippen LogP) is 1.38. The van der Waals surface area contributed by atoms with E-state index in [1.165, 1.54) is 0 Å². The second-order valence-corrected chi connectivity index (χ2v) is 5.15. The maximum Gasteiger partial charge on any atom is 0.336 e. The van der Waals surface area contributed by atoms with Crippen molar-refractivity contribution in [1.29, 1.82) is 0 Å². The summed E-state index contributed by atoms with van der Waals surface area (Å²) in [5, 5.41) is 36.9. The first-order valence-electron chi connectivity index (χ1n) is 6.66. The van der Waals surface area contributed by atoms with Gasteiger partial charge in [0, 0.05) is 0 Å². The lowest BCUT2D eigenvalue weighted by molar-refractivity contribution is -0.142. The molecule has 8 heteroatoms. The maximum absolute atomic E-state index is 11.8. The molecule has 0 aliphatic heterocycles. The normalized spacial score (nSPS) is 19.4. The van der Waals surface area contributed by atoms with Crippen LogP contribution in [0.25, 0.3) is 0 Å². The van der Waals surface area contributed by atoms with Crippen LogP contribution < -0.4 is 0 Å². The van der Waals surface area contributed by atoms with Crippen LogP contribution in [0.1, 0.15) is 32.7 Å². The Morgan fingerprint density at radius 1 is 0.917 bits per heavy atom. The molecule has 0 bridgehead atoms. The van der Waals surface area contributed by atoms with Crippen molar-refractivity contribution in [1.82, 2.24) is 0 Å². The van der Waals surface area contributed by atoms with Crippen molar-refractivity contribution in [2.75, 3.05) is 0 Å². The average Bonchev–Trinajstić information content (AvgIpc) is 2.53. The summed E-state index contributed by atoms with van der Waals surface area (Å²) in [6.07, 6.45) is 2.99. The smallest absolute Gasteiger partial charge is 0.336 e. The van der Waals surface area contributed by atoms with Crippen LogP contribution >= 0.6 is 0 Å². The highest BCUT2D eigenvalue weighted by molar-refractivity contribution is 5.98. The SMILES string of the molecule is O=C(O)C1=CCC(C(=O)O)(c2cc(C(=O)O)ccc2C(=O)O)C=C1. The third-order valence-corrected chi connectivity index (χ3v) is 3.80. The molecule has 8 nitrogen and oxygen atoms in total. The molecule has 1 aliphatic carbocycles. The fraction of sp³-hybridized carbons (Fsp3) is 0.125. The molecule has 0 fully saturated rings. The molecular weight excluding hydrogens is 320 g/mol. The second-order valence-electron chi connectivity index (χ2n) is 5.15. The third-order valence-electron chi connectivity index (χ3n) is 3.80. The summed E-state index contributed by atoms with van der Waals surface area (Å²) < 4.78 is 0. The maximum atomic E-state index is 11.8. The summed E-state index contributed by atoms with van der Waals surface area (Å²) in [4.78, 5) is 45.3. The largest absolute Gasteiger partial charge is 0.480 e. The molecule has 124 valence electrons. The van der Waals surface area contributed by atoms with E-state index in [1.54, 1.807) is 0 Å². The van der Waals surface area contributed by atoms with Crippen LogP contribution in [0.2, 0.25) is 0 Å². The van der Waals surface area contributed by atoms with Crippen molar-refractivity contribution < 1.29 is 39.6 Å². The second kappa shape index (κ2) is 5.99. The van der Waals surface area contributed by atoms with Crippen molar-refractivity contribution in [2.45, 2.75) is 11.8 Å². The lowest BCUT2D eigenvalue weighted by atomic mass is 9.72. The molecule has 24 heavy (non-hydrogen) atoms. The van der Waals surface area contributed by atoms with Crippen LogP contribution in [0.3, 0.4) is 0 Å². The number of benzene rings is 1. The third kappa shape index (κ3) is 2.76. The standard InChI is InChI=1S/C16H12O8/c17-12(18)8-3-5-16(6-4-8,15(23)24)11-7-9(13(19)20)1-2-10(11)14(21)22/h1-5,7H,6H2,(H,17,18)(H,19,20)(H,21,22)(H,23,24). The molecule has 1 atom stereocenters. The molecule has 2 rings (SSSR count). The zero-order chi connectivity index (χ0) is 18.1. The zero-order valence-electron chi connectivity index (χ0n) is 12.1. The minimum atomic E-state index is -1.86. The van der Waals surface area contributed by atoms with Gasteiger partial charge in [-0.25, -0.2) is 14.4 Å². The van der Waals surface area contributed by atoms with Gasteiger partial charge in [0.15, 0.2) is 0 Å². The van der Waals surface area contributed by atoms with Crippen LogP contribution in [0.4, 0.5) is 0 Å². The summed E-state index contributed by atoms with van der Waals surface area (Å²) in [5.74, 6) is -5.41. The summed E-state index contributed by atoms with van der Waals surface area (Å²) in [5.41, 5.74) is -2.84. The predicted molar refractivity (Wildman–Crippen MR) is 79.2 cm³/mol. The van der Waals surface area contributed by atoms with E-state index in [0.717, 1.165) is 36.4 Å². The number of aliphatic carboxylic acids is 2. The monoisotopic (exact) mass is 332 g/mol. The number of hydrogen-bond donors (Lipinski definition) is 4. The van der Waals surface area contributed by atoms with E-state index in [4.69, 9.17) is 10.2 Å². The summed E-state index contributed by atoms with van der Waals surface area (Å²) in [6.45, 7) is 0. The number of allylic oxidation sites excluding steroid dienone is 1. The number of carboxylic acids is 4. The van der Waals surface area contributed by atoms with E-state index >= 15 is 0 Å². The van der Waals surface area contributed by atoms with Gasteiger partial charge in [-0.1, -0.05) is 18.2 Å². The summed E-state index contributed by atoms with van der Waals surface area (Å²) in [6, 6.07) is 3.08. The first kappa shape index (κ1) is 16.9. The van der Waals surface area contributed by atoms with Crippen molar-refractivity contribution >= 4 is 23.9 Å². The van der Waals surface area contributed by atoms with Gasteiger partial charge in [-0.2, -0.15) is 0 Å². The Balaban J connectivity index is 2.70. The Bertz CT molecular complexity index is 817. The first-order chi connectivity index (χ1) is 11.2. The number of rotatable bonds is 5. The number of aromatic carboxylic acids is 2. The molecule has 0 aromatic heterocycles. The Hall–Kier alpha value is -3.42. The van der Waals surface area contributed by atoms with Gasteiger partial charge < -0.3 is 20.4 Å². The highest BCUT2D eigenvalue weighted by Crippen LogP contribution is 2.37. The van der Waals surface area contributed by atoms with Gasteiger partial charge in [-0.05, 0) is 30.2 Å². The Kier molecular flexibility index (Phi) is 4.23. The minimum absolute atomic E-state index is 0.127. The van der Waals surface area contributed by atoms with Gasteiger partial charge in [-0.15, -0.1) is 0 Å². The average molecular weight is 332 g/mol. The van der Waals surface area contributed by atoms with Crippen molar-refractivity contribution in [3.63, 3.8) is 0 Å². The van der Waals surface area contributed by atoms with Crippen molar-refractivity contribution in [3.8, 4) is 0 Å². The van der Waals surface area contributed by atoms with Crippen LogP contribution in [-0.4, -0.2) is 44.3 Å². The van der Waals surface area contributed by atoms with Crippen LogP contribution in [0.15, 0.2) is 42.0 Å². The zero-order valence-corrected chi connectivity index (χ0v) is 12.1. The van der Waals surface area contributed by atoms with Crippen molar-refractivity contribution in [3.05, 3.63) is 58.7 Å². The van der Waals surface area contributed by atoms with E-state index in [2.05, 4.69) is 0 Å². The highest BCUT2D eigenvalue weighted by atomic mass is 16.4. The summed E-state index contributed by atoms with van der Waals surface area (Å²) >= 11 is 0. The molecule has 0 heterocycles. The Morgan fingerprint density at radius 3 is 2.00 bits per heavy atom. The lowest BCUT2D eigenvalue weighted by Gasteiger charge is -2.29. The van der Waals surface area contributed by atoms with E-state index in [1.807, 2.05) is 0 Å². The molecule has 1 unspecified atom stereocenters. The quantitative estimate of drug-likeness (QED) is 0.631. The van der Waals surface area contributed by atoms with Crippen molar-refractivity contribution in [2.24, 2.45) is 0 Å². The molecule has 1 aromatic carbocycles. The van der Waals surface area contributed by atoms with Crippen LogP contribution in [0.5, 0.6) is 0 Å². The van der Waals surface area contributed by atoms with Crippen LogP contribution in [-0.2, 0) is 15.0 Å². The molecule has 1 aliphatic rings. The lowest BCUT2D eigenvalue weighted by Crippen LogP contribution is -2.36. The number of hydrogen-bond acceptors (Lipinski definition) is 4. The Labute approximate surface area is 135 Å². The van der Waals surface area contributed by atoms with Gasteiger partial charge in [-0.3, -0.25) is 4.79 Å². The molecule has 1 aromatic rings. The van der Waals surface area contributed by atoms with E-state index in [0.29, 0.717) is 0 Å². The topological polar surface area (TPSA) is 149 Å². The van der Waals surface area contributed by atoms with Gasteiger partial charge in [0.2, 0.25) is 0 Å². The number of carboxylic acid groups (broad SMARTS) is 4. The van der Waals surface area contributed by atoms with Crippen LogP contribution in [0, 0.1) is 0 Å². The van der Waals surface area contributed by atoms with E-state index in [-0.39, 0.29) is 28.7 Å². The van der Waals surface area contributed by atoms with E-state index in [9.17, 15) is 29.4 Å². The minimum Gasteiger partial charge on any atom is -0.480 e. The fourth-order valence-electron chi connectivity index (χ4n) is 2.50. The number of carbonyl (C=O) groups is 4. The molecule has 0 amide bonds. The van der Waals surface area contributed by atoms with Gasteiger partial charge >= 0.3 is 23.9 Å². The molecule has 0 radical (unpaired) electrons. The Morgan fingerprint density at radius 2 is 1.58 bits per heavy atom. The molecular formula is C16H12O8. The molecule has 0 saturated heterocycles. The highest BCUT2D eigenvalue weighted by Gasteiger charge is 2.42.